The smallest absolute Gasteiger partial charge is 0.0639 e. The van der Waals surface area contributed by atoms with E-state index in [0.29, 0.717) is 0 Å². The predicted octanol–water partition coefficient (Wildman–Crippen LogP) is 13.6. The zero-order valence-electron chi connectivity index (χ0n) is 39.5. The van der Waals surface area contributed by atoms with Gasteiger partial charge in [-0.05, 0) is 115 Å². The van der Waals surface area contributed by atoms with Crippen LogP contribution in [0, 0.1) is 25.7 Å². The molecule has 0 heterocycles. The van der Waals surface area contributed by atoms with E-state index in [1.807, 2.05) is 60.7 Å². The van der Waals surface area contributed by atoms with E-state index in [1.165, 1.54) is 70.8 Å². The maximum atomic E-state index is 3.11. The Morgan fingerprint density at radius 2 is 0.600 bits per heavy atom. The number of allylic oxidation sites excluding steroid dienone is 1. The second kappa shape index (κ2) is 24.9. The van der Waals surface area contributed by atoms with E-state index in [0.717, 1.165) is 11.1 Å². The molecule has 0 nitrogen and oxygen atoms in total. The molecule has 0 fully saturated rings. The van der Waals surface area contributed by atoms with Crippen LogP contribution in [0.25, 0.3) is 5.57 Å². The molecule has 0 aliphatic heterocycles. The Morgan fingerprint density at radius 1 is 0.329 bits per heavy atom. The zero-order chi connectivity index (χ0) is 47.0. The summed E-state index contributed by atoms with van der Waals surface area (Å²) >= 11 is 0. The molecule has 0 spiro atoms. The monoisotopic (exact) mass is 980 g/mol. The largest absolute Gasteiger partial charge is 0.110 e. The summed E-state index contributed by atoms with van der Waals surface area (Å²) in [6.45, 7) is 4.34. The maximum absolute atomic E-state index is 3.11. The summed E-state index contributed by atoms with van der Waals surface area (Å²) in [7, 11) is -2.80. The molecule has 0 amide bonds. The first-order chi connectivity index (χ1) is 34.1. The van der Waals surface area contributed by atoms with Crippen molar-refractivity contribution in [1.82, 2.24) is 0 Å². The summed E-state index contributed by atoms with van der Waals surface area (Å²) in [6.07, 6.45) is 2.58. The molecule has 0 radical (unpaired) electrons. The predicted molar refractivity (Wildman–Crippen MR) is 303 cm³/mol. The molecule has 0 saturated carbocycles. The van der Waals surface area contributed by atoms with Crippen molar-refractivity contribution >= 4 is 53.2 Å². The molecule has 0 N–H and O–H groups in total. The van der Waals surface area contributed by atoms with Crippen molar-refractivity contribution in [1.29, 1.82) is 0 Å². The van der Waals surface area contributed by atoms with Crippen molar-refractivity contribution in [2.45, 2.75) is 19.8 Å². The van der Waals surface area contributed by atoms with Gasteiger partial charge in [0, 0.05) is 44.7 Å². The Bertz CT molecular complexity index is 2960. The van der Waals surface area contributed by atoms with E-state index in [-0.39, 0.29) is 22.4 Å². The molecule has 0 aliphatic rings. The molecule has 10 rings (SSSR count). The van der Waals surface area contributed by atoms with Crippen LogP contribution in [-0.2, 0) is 16.5 Å². The van der Waals surface area contributed by atoms with E-state index >= 15 is 0 Å². The minimum absolute atomic E-state index is 0. The van der Waals surface area contributed by atoms with Gasteiger partial charge in [-0.15, -0.1) is 0 Å². The van der Waals surface area contributed by atoms with Crippen molar-refractivity contribution in [2.24, 2.45) is 0 Å². The van der Waals surface area contributed by atoms with Gasteiger partial charge in [-0.3, -0.25) is 0 Å². The van der Waals surface area contributed by atoms with Crippen molar-refractivity contribution in [2.75, 3.05) is 0 Å². The molecule has 70 heavy (non-hydrogen) atoms. The molecule has 0 bridgehead atoms. The minimum atomic E-state index is -1.40. The van der Waals surface area contributed by atoms with Crippen LogP contribution in [0.15, 0.2) is 285 Å². The molecule has 0 saturated heterocycles. The van der Waals surface area contributed by atoms with Gasteiger partial charge in [0.2, 0.25) is 0 Å². The second-order valence-electron chi connectivity index (χ2n) is 17.2. The molecule has 0 aliphatic carbocycles. The van der Waals surface area contributed by atoms with Gasteiger partial charge in [0.25, 0.3) is 0 Å². The first kappa shape index (κ1) is 49.3. The molecule has 10 aromatic carbocycles. The van der Waals surface area contributed by atoms with E-state index in [9.17, 15) is 0 Å². The van der Waals surface area contributed by atoms with E-state index in [2.05, 4.69) is 250 Å². The van der Waals surface area contributed by atoms with Gasteiger partial charge in [-0.1, -0.05) is 223 Å². The van der Waals surface area contributed by atoms with Crippen LogP contribution in [-0.4, -0.2) is 0 Å². The molecular formula is C67H56NiP2+2. The number of rotatable bonds is 11. The summed E-state index contributed by atoms with van der Waals surface area (Å²) in [6, 6.07) is 101. The number of aryl methyl sites for hydroxylation is 2. The average Bonchev–Trinajstić information content (AvgIpc) is 3.42. The summed E-state index contributed by atoms with van der Waals surface area (Å²) in [5.41, 5.74) is 11.1. The maximum Gasteiger partial charge on any atom is 0.110 e. The average molecular weight is 982 g/mol. The first-order valence-electron chi connectivity index (χ1n) is 23.7. The molecule has 0 unspecified atom stereocenters. The molecule has 0 aromatic heterocycles. The van der Waals surface area contributed by atoms with E-state index in [4.69, 9.17) is 0 Å². The fourth-order valence-electron chi connectivity index (χ4n) is 8.86. The van der Waals surface area contributed by atoms with Crippen LogP contribution >= 0.6 is 15.8 Å². The van der Waals surface area contributed by atoms with Gasteiger partial charge in [0.15, 0.2) is 0 Å². The zero-order valence-corrected chi connectivity index (χ0v) is 42.5. The fraction of sp³-hybridized carbons (Fsp3) is 0.0448. The van der Waals surface area contributed by atoms with Crippen LogP contribution in [0.3, 0.4) is 0 Å². The Kier molecular flexibility index (Phi) is 17.6. The molecular weight excluding hydrogens is 925 g/mol. The Labute approximate surface area is 428 Å². The summed E-state index contributed by atoms with van der Waals surface area (Å²) in [4.78, 5) is 0. The Balaban J connectivity index is 0.000000377. The SMILES string of the molecule is C(#Cc1ccccc1)c1ccccc1.Cc1ccc(C(C=C(c2ccccc2[PH+](c2ccccc2)c2ccccc2)c2ccccc2[PH+](c2ccccc2)c2ccccc2)c2ccc(C)cc2)cc1.[Ni]. The molecule has 10 aromatic rings. The van der Waals surface area contributed by atoms with Crippen LogP contribution < -0.4 is 31.8 Å². The van der Waals surface area contributed by atoms with Gasteiger partial charge in [0.1, 0.15) is 31.8 Å². The fourth-order valence-corrected chi connectivity index (χ4v) is 14.4. The van der Waals surface area contributed by atoms with Gasteiger partial charge >= 0.3 is 0 Å². The van der Waals surface area contributed by atoms with E-state index < -0.39 is 15.8 Å². The summed E-state index contributed by atoms with van der Waals surface area (Å²) in [5, 5.41) is 8.31. The third-order valence-corrected chi connectivity index (χ3v) is 17.9. The Morgan fingerprint density at radius 3 is 0.914 bits per heavy atom. The van der Waals surface area contributed by atoms with Crippen LogP contribution in [0.4, 0.5) is 0 Å². The van der Waals surface area contributed by atoms with Gasteiger partial charge < -0.3 is 0 Å². The molecule has 342 valence electrons. The first-order valence-corrected chi connectivity index (χ1v) is 26.7. The second-order valence-corrected chi connectivity index (χ2v) is 22.1. The van der Waals surface area contributed by atoms with Gasteiger partial charge in [-0.25, -0.2) is 0 Å². The topological polar surface area (TPSA) is 0 Å². The quantitative estimate of drug-likeness (QED) is 0.0688. The summed E-state index contributed by atoms with van der Waals surface area (Å²) in [5.74, 6) is 6.25. The van der Waals surface area contributed by atoms with Crippen LogP contribution in [0.5, 0.6) is 0 Å². The third-order valence-electron chi connectivity index (χ3n) is 12.3. The number of hydrogen-bond acceptors (Lipinski definition) is 0. The molecule has 0 atom stereocenters. The third kappa shape index (κ3) is 12.5. The summed E-state index contributed by atoms with van der Waals surface area (Å²) < 4.78 is 0. The van der Waals surface area contributed by atoms with Crippen molar-refractivity contribution in [3.8, 4) is 11.8 Å². The Hall–Kier alpha value is -7.15. The van der Waals surface area contributed by atoms with Crippen molar-refractivity contribution in [3.05, 3.63) is 330 Å². The van der Waals surface area contributed by atoms with Crippen molar-refractivity contribution < 1.29 is 16.5 Å². The van der Waals surface area contributed by atoms with Gasteiger partial charge in [-0.2, -0.15) is 0 Å². The molecule has 3 heteroatoms. The standard InChI is InChI=1S/C53H44P2.C14H10.Ni/c1-40-31-35-42(36-32-40)50(43-37-33-41(2)34-38-43)39-51(48-27-15-17-29-52(48)54(44-19-7-3-8-20-44)45-21-9-4-10-22-45)49-28-16-18-30-53(49)55(46-23-11-5-12-24-46)47-25-13-6-14-26-47;1-3-7-13(8-4-1)11-12-14-9-5-2-6-10-14;/h3-39,50H,1-2H3;1-10H;/p+2. The number of benzene rings is 10. The van der Waals surface area contributed by atoms with Gasteiger partial charge in [0.05, 0.1) is 15.8 Å². The number of hydrogen-bond donors (Lipinski definition) is 0. The minimum Gasteiger partial charge on any atom is -0.0639 e. The van der Waals surface area contributed by atoms with E-state index in [1.54, 1.807) is 0 Å². The van der Waals surface area contributed by atoms with Crippen molar-refractivity contribution in [3.63, 3.8) is 0 Å². The normalized spacial score (nSPS) is 10.6. The van der Waals surface area contributed by atoms with Crippen LogP contribution in [0.2, 0.25) is 0 Å². The van der Waals surface area contributed by atoms with Crippen LogP contribution in [0.1, 0.15) is 50.4 Å².